The predicted octanol–water partition coefficient (Wildman–Crippen LogP) is 4.24. The fraction of sp³-hybridized carbons (Fsp3) is 0.143. The number of benzene rings is 2. The number of hydrogen-bond donors (Lipinski definition) is 2. The minimum Gasteiger partial charge on any atom is -0.368 e. The highest BCUT2D eigenvalue weighted by Gasteiger charge is 2.09. The number of nitrogens with zero attached hydrogens (tertiary/aromatic N) is 2. The maximum atomic E-state index is 12.3. The fourth-order valence-corrected chi connectivity index (χ4v) is 2.66. The van der Waals surface area contributed by atoms with Crippen molar-refractivity contribution in [2.24, 2.45) is 0 Å². The molecule has 1 aromatic heterocycles. The van der Waals surface area contributed by atoms with Crippen LogP contribution in [0.15, 0.2) is 60.9 Å². The molecule has 7 heteroatoms. The van der Waals surface area contributed by atoms with E-state index in [0.717, 1.165) is 12.0 Å². The Morgan fingerprint density at radius 1 is 1.04 bits per heavy atom. The fourth-order valence-electron chi connectivity index (χ4n) is 2.53. The van der Waals surface area contributed by atoms with Gasteiger partial charge in [-0.15, -0.1) is 0 Å². The summed E-state index contributed by atoms with van der Waals surface area (Å²) >= 11 is 5.87. The first kappa shape index (κ1) is 19.5. The summed E-state index contributed by atoms with van der Waals surface area (Å²) in [6, 6.07) is 14.4. The van der Waals surface area contributed by atoms with Crippen molar-refractivity contribution in [3.8, 4) is 0 Å². The van der Waals surface area contributed by atoms with Gasteiger partial charge in [0.2, 0.25) is 0 Å². The summed E-state index contributed by atoms with van der Waals surface area (Å²) in [7, 11) is 0. The molecule has 1 amide bonds. The number of carbonyl (C=O) groups excluding carboxylic acids is 2. The van der Waals surface area contributed by atoms with Crippen LogP contribution in [-0.2, 0) is 6.42 Å². The van der Waals surface area contributed by atoms with Gasteiger partial charge in [0, 0.05) is 22.8 Å². The predicted molar refractivity (Wildman–Crippen MR) is 110 cm³/mol. The molecule has 3 aromatic rings. The third kappa shape index (κ3) is 5.37. The van der Waals surface area contributed by atoms with Crippen LogP contribution in [0.4, 0.5) is 11.5 Å². The van der Waals surface area contributed by atoms with Gasteiger partial charge in [-0.25, -0.2) is 9.97 Å². The van der Waals surface area contributed by atoms with E-state index >= 15 is 0 Å². The van der Waals surface area contributed by atoms with Crippen LogP contribution in [0, 0.1) is 0 Å². The largest absolute Gasteiger partial charge is 0.368 e. The lowest BCUT2D eigenvalue weighted by Gasteiger charge is -2.08. The van der Waals surface area contributed by atoms with Gasteiger partial charge in [-0.2, -0.15) is 0 Å². The molecule has 0 atom stereocenters. The highest BCUT2D eigenvalue weighted by Crippen LogP contribution is 2.13. The molecular weight excluding hydrogens is 376 g/mol. The van der Waals surface area contributed by atoms with Crippen molar-refractivity contribution >= 4 is 34.8 Å². The Morgan fingerprint density at radius 2 is 1.82 bits per heavy atom. The number of anilines is 2. The number of Topliss-reactive ketones (excluding diaryl/α,β-unsaturated/α-hetero) is 1. The lowest BCUT2D eigenvalue weighted by Crippen LogP contribution is -2.15. The molecule has 0 spiro atoms. The molecule has 3 rings (SSSR count). The highest BCUT2D eigenvalue weighted by atomic mass is 35.5. The molecule has 0 bridgehead atoms. The van der Waals surface area contributed by atoms with Crippen LogP contribution in [0.5, 0.6) is 0 Å². The Morgan fingerprint density at radius 3 is 2.50 bits per heavy atom. The number of rotatable bonds is 7. The molecule has 142 valence electrons. The first-order valence-corrected chi connectivity index (χ1v) is 9.12. The minimum absolute atomic E-state index is 0.0649. The monoisotopic (exact) mass is 394 g/mol. The van der Waals surface area contributed by atoms with E-state index in [2.05, 4.69) is 20.6 Å². The second-order valence-corrected chi connectivity index (χ2v) is 6.62. The Hall–Kier alpha value is -3.25. The molecular formula is C21H19ClN4O2. The van der Waals surface area contributed by atoms with E-state index < -0.39 is 0 Å². The third-order valence-corrected chi connectivity index (χ3v) is 4.30. The summed E-state index contributed by atoms with van der Waals surface area (Å²) in [5, 5.41) is 6.60. The smallest absolute Gasteiger partial charge is 0.275 e. The van der Waals surface area contributed by atoms with Gasteiger partial charge in [-0.05, 0) is 43.2 Å². The van der Waals surface area contributed by atoms with Crippen molar-refractivity contribution in [1.29, 1.82) is 0 Å². The number of nitrogens with one attached hydrogen (secondary N) is 2. The van der Waals surface area contributed by atoms with Crippen LogP contribution in [0.3, 0.4) is 0 Å². The van der Waals surface area contributed by atoms with Crippen LogP contribution in [0.1, 0.15) is 33.3 Å². The molecule has 0 aliphatic rings. The zero-order chi connectivity index (χ0) is 19.9. The van der Waals surface area contributed by atoms with Crippen LogP contribution >= 0.6 is 11.6 Å². The van der Waals surface area contributed by atoms with Crippen LogP contribution in [-0.4, -0.2) is 28.2 Å². The van der Waals surface area contributed by atoms with Crippen molar-refractivity contribution in [2.75, 3.05) is 17.2 Å². The number of hydrogen-bond acceptors (Lipinski definition) is 5. The zero-order valence-corrected chi connectivity index (χ0v) is 16.0. The second kappa shape index (κ2) is 9.10. The normalized spacial score (nSPS) is 10.4. The molecule has 28 heavy (non-hydrogen) atoms. The average molecular weight is 395 g/mol. The summed E-state index contributed by atoms with van der Waals surface area (Å²) in [6.45, 7) is 2.16. The topological polar surface area (TPSA) is 84.0 Å². The van der Waals surface area contributed by atoms with E-state index in [-0.39, 0.29) is 17.4 Å². The number of aromatic nitrogens is 2. The van der Waals surface area contributed by atoms with Crippen molar-refractivity contribution in [3.63, 3.8) is 0 Å². The van der Waals surface area contributed by atoms with E-state index in [1.807, 2.05) is 24.3 Å². The molecule has 0 saturated heterocycles. The van der Waals surface area contributed by atoms with E-state index in [4.69, 9.17) is 11.6 Å². The maximum Gasteiger partial charge on any atom is 0.275 e. The van der Waals surface area contributed by atoms with Gasteiger partial charge in [-0.3, -0.25) is 9.59 Å². The van der Waals surface area contributed by atoms with E-state index in [9.17, 15) is 9.59 Å². The second-order valence-electron chi connectivity index (χ2n) is 6.18. The molecule has 0 aliphatic heterocycles. The molecule has 1 heterocycles. The summed E-state index contributed by atoms with van der Waals surface area (Å²) in [5.41, 5.74) is 2.42. The van der Waals surface area contributed by atoms with Gasteiger partial charge in [0.15, 0.2) is 5.78 Å². The summed E-state index contributed by atoms with van der Waals surface area (Å²) in [4.78, 5) is 32.1. The summed E-state index contributed by atoms with van der Waals surface area (Å²) < 4.78 is 0. The standard InChI is InChI=1S/C21H19ClN4O2/c1-14(27)16-3-2-4-18(11-16)26-21(28)19-12-25-20(13-24-19)23-10-9-15-5-7-17(22)8-6-15/h2-8,11-13H,9-10H2,1H3,(H,23,25)(H,26,28). The maximum absolute atomic E-state index is 12.3. The van der Waals surface area contributed by atoms with Gasteiger partial charge in [0.1, 0.15) is 11.5 Å². The Kier molecular flexibility index (Phi) is 6.34. The van der Waals surface area contributed by atoms with Crippen molar-refractivity contribution in [2.45, 2.75) is 13.3 Å². The summed E-state index contributed by atoms with van der Waals surface area (Å²) in [5.74, 6) is 0.134. The average Bonchev–Trinajstić information content (AvgIpc) is 2.70. The lowest BCUT2D eigenvalue weighted by molar-refractivity contribution is 0.100. The van der Waals surface area contributed by atoms with Gasteiger partial charge < -0.3 is 10.6 Å². The molecule has 2 N–H and O–H groups in total. The zero-order valence-electron chi connectivity index (χ0n) is 15.3. The first-order chi connectivity index (χ1) is 13.5. The van der Waals surface area contributed by atoms with E-state index in [0.29, 0.717) is 28.6 Å². The molecule has 0 aliphatic carbocycles. The highest BCUT2D eigenvalue weighted by molar-refractivity contribution is 6.30. The van der Waals surface area contributed by atoms with E-state index in [1.54, 1.807) is 24.3 Å². The van der Waals surface area contributed by atoms with Crippen LogP contribution in [0.2, 0.25) is 5.02 Å². The first-order valence-electron chi connectivity index (χ1n) is 8.74. The minimum atomic E-state index is -0.388. The lowest BCUT2D eigenvalue weighted by atomic mass is 10.1. The number of amides is 1. The van der Waals surface area contributed by atoms with Crippen LogP contribution in [0.25, 0.3) is 0 Å². The SMILES string of the molecule is CC(=O)c1cccc(NC(=O)c2cnc(NCCc3ccc(Cl)cc3)cn2)c1. The van der Waals surface area contributed by atoms with E-state index in [1.165, 1.54) is 19.3 Å². The van der Waals surface area contributed by atoms with Gasteiger partial charge in [0.05, 0.1) is 12.4 Å². The van der Waals surface area contributed by atoms with Crippen LogP contribution < -0.4 is 10.6 Å². The Bertz CT molecular complexity index is 972. The molecule has 0 saturated carbocycles. The van der Waals surface area contributed by atoms with Crippen molar-refractivity contribution < 1.29 is 9.59 Å². The van der Waals surface area contributed by atoms with Crippen molar-refractivity contribution in [1.82, 2.24) is 9.97 Å². The number of halogens is 1. The molecule has 0 radical (unpaired) electrons. The molecule has 0 fully saturated rings. The number of ketones is 1. The van der Waals surface area contributed by atoms with Gasteiger partial charge >= 0.3 is 0 Å². The Labute approximate surface area is 168 Å². The van der Waals surface area contributed by atoms with Gasteiger partial charge in [-0.1, -0.05) is 35.9 Å². The molecule has 2 aromatic carbocycles. The quantitative estimate of drug-likeness (QED) is 0.585. The van der Waals surface area contributed by atoms with Gasteiger partial charge in [0.25, 0.3) is 5.91 Å². The summed E-state index contributed by atoms with van der Waals surface area (Å²) in [6.07, 6.45) is 3.74. The van der Waals surface area contributed by atoms with Crippen molar-refractivity contribution in [3.05, 3.63) is 82.8 Å². The molecule has 0 unspecified atom stereocenters. The Balaban J connectivity index is 1.54. The molecule has 6 nitrogen and oxygen atoms in total. The number of carbonyl (C=O) groups is 2. The third-order valence-electron chi connectivity index (χ3n) is 4.04.